The standard InChI is InChI=1S/C22H20N2O3/c1-12-8-14(3)17(9-13(12)2)10-15-6-7-24-20(15)23-19-11-16(22(26)27)4-5-18(19)21(24)25/h4-5,8-11H,6-7H2,1-3H3,(H,26,27)/b15-10+. The predicted molar refractivity (Wildman–Crippen MR) is 106 cm³/mol. The molecule has 0 spiro atoms. The number of nitrogens with zero attached hydrogens (tertiary/aromatic N) is 2. The highest BCUT2D eigenvalue weighted by molar-refractivity contribution is 5.93. The van der Waals surface area contributed by atoms with Gasteiger partial charge in [0.1, 0.15) is 5.82 Å². The molecule has 0 atom stereocenters. The summed E-state index contributed by atoms with van der Waals surface area (Å²) < 4.78 is 1.69. The topological polar surface area (TPSA) is 72.2 Å². The minimum Gasteiger partial charge on any atom is -0.478 e. The van der Waals surface area contributed by atoms with Crippen LogP contribution in [0.2, 0.25) is 0 Å². The van der Waals surface area contributed by atoms with Gasteiger partial charge in [0.2, 0.25) is 0 Å². The van der Waals surface area contributed by atoms with Gasteiger partial charge >= 0.3 is 5.97 Å². The summed E-state index contributed by atoms with van der Waals surface area (Å²) in [5.74, 6) is -0.395. The molecule has 0 amide bonds. The molecule has 4 rings (SSSR count). The third-order valence-corrected chi connectivity index (χ3v) is 5.31. The molecule has 1 aliphatic heterocycles. The fourth-order valence-electron chi connectivity index (χ4n) is 3.61. The Bertz CT molecular complexity index is 1200. The minimum atomic E-state index is -1.03. The number of hydrogen-bond acceptors (Lipinski definition) is 3. The molecule has 1 N–H and O–H groups in total. The summed E-state index contributed by atoms with van der Waals surface area (Å²) in [5, 5.41) is 9.66. The van der Waals surface area contributed by atoms with Gasteiger partial charge in [0.15, 0.2) is 0 Å². The van der Waals surface area contributed by atoms with Gasteiger partial charge < -0.3 is 5.11 Å². The fourth-order valence-corrected chi connectivity index (χ4v) is 3.61. The van der Waals surface area contributed by atoms with Crippen molar-refractivity contribution in [1.29, 1.82) is 0 Å². The predicted octanol–water partition coefficient (Wildman–Crippen LogP) is 3.96. The number of carboxylic acid groups (broad SMARTS) is 1. The molecule has 0 saturated heterocycles. The van der Waals surface area contributed by atoms with Gasteiger partial charge in [-0.05, 0) is 79.3 Å². The lowest BCUT2D eigenvalue weighted by Crippen LogP contribution is -2.21. The molecule has 3 aromatic rings. The highest BCUT2D eigenvalue weighted by Crippen LogP contribution is 2.29. The second-order valence-corrected chi connectivity index (χ2v) is 7.14. The van der Waals surface area contributed by atoms with Crippen molar-refractivity contribution >= 4 is 28.5 Å². The van der Waals surface area contributed by atoms with E-state index in [9.17, 15) is 14.7 Å². The maximum atomic E-state index is 12.8. The molecule has 5 heteroatoms. The van der Waals surface area contributed by atoms with Crippen LogP contribution in [-0.4, -0.2) is 20.6 Å². The molecule has 0 unspecified atom stereocenters. The third kappa shape index (κ3) is 2.85. The zero-order valence-electron chi connectivity index (χ0n) is 15.5. The zero-order chi connectivity index (χ0) is 19.3. The van der Waals surface area contributed by atoms with Crippen molar-refractivity contribution in [2.75, 3.05) is 0 Å². The van der Waals surface area contributed by atoms with Crippen molar-refractivity contribution in [1.82, 2.24) is 9.55 Å². The summed E-state index contributed by atoms with van der Waals surface area (Å²) in [5.41, 5.74) is 6.22. The van der Waals surface area contributed by atoms with E-state index in [2.05, 4.69) is 44.0 Å². The summed E-state index contributed by atoms with van der Waals surface area (Å²) in [6, 6.07) is 8.79. The van der Waals surface area contributed by atoms with Gasteiger partial charge in [-0.15, -0.1) is 0 Å². The molecule has 0 fully saturated rings. The van der Waals surface area contributed by atoms with Crippen LogP contribution in [0.15, 0.2) is 35.1 Å². The molecule has 27 heavy (non-hydrogen) atoms. The smallest absolute Gasteiger partial charge is 0.335 e. The zero-order valence-corrected chi connectivity index (χ0v) is 15.5. The van der Waals surface area contributed by atoms with E-state index in [0.717, 1.165) is 17.6 Å². The van der Waals surface area contributed by atoms with E-state index in [4.69, 9.17) is 0 Å². The minimum absolute atomic E-state index is 0.118. The summed E-state index contributed by atoms with van der Waals surface area (Å²) >= 11 is 0. The number of hydrogen-bond donors (Lipinski definition) is 1. The van der Waals surface area contributed by atoms with Gasteiger partial charge in [0, 0.05) is 6.54 Å². The first-order valence-electron chi connectivity index (χ1n) is 8.92. The number of aromatic nitrogens is 2. The Morgan fingerprint density at radius 3 is 2.59 bits per heavy atom. The van der Waals surface area contributed by atoms with Crippen molar-refractivity contribution in [3.8, 4) is 0 Å². The Balaban J connectivity index is 1.90. The molecule has 0 aliphatic carbocycles. The third-order valence-electron chi connectivity index (χ3n) is 5.31. The molecule has 2 aromatic carbocycles. The normalized spacial score (nSPS) is 14.7. The Morgan fingerprint density at radius 1 is 1.11 bits per heavy atom. The second kappa shape index (κ2) is 6.20. The van der Waals surface area contributed by atoms with Crippen molar-refractivity contribution in [2.45, 2.75) is 33.7 Å². The molecule has 0 bridgehead atoms. The molecule has 0 radical (unpaired) electrons. The maximum absolute atomic E-state index is 12.8. The number of carbonyl (C=O) groups is 1. The van der Waals surface area contributed by atoms with E-state index in [-0.39, 0.29) is 11.1 Å². The summed E-state index contributed by atoms with van der Waals surface area (Å²) in [6.07, 6.45) is 2.83. The summed E-state index contributed by atoms with van der Waals surface area (Å²) in [6.45, 7) is 6.85. The van der Waals surface area contributed by atoms with E-state index >= 15 is 0 Å². The van der Waals surface area contributed by atoms with Crippen LogP contribution in [0.3, 0.4) is 0 Å². The Kier molecular flexibility index (Phi) is 3.95. The average Bonchev–Trinajstić information content (AvgIpc) is 3.02. The lowest BCUT2D eigenvalue weighted by atomic mass is 9.98. The van der Waals surface area contributed by atoms with Crippen LogP contribution in [0.4, 0.5) is 0 Å². The van der Waals surface area contributed by atoms with E-state index < -0.39 is 5.97 Å². The largest absolute Gasteiger partial charge is 0.478 e. The SMILES string of the molecule is Cc1cc(C)c(/C=C2\CCn3c2nc2cc(C(=O)O)ccc2c3=O)cc1C. The molecule has 0 saturated carbocycles. The molecule has 1 aromatic heterocycles. The monoisotopic (exact) mass is 360 g/mol. The summed E-state index contributed by atoms with van der Waals surface area (Å²) in [4.78, 5) is 28.7. The number of aryl methyl sites for hydroxylation is 3. The van der Waals surface area contributed by atoms with Gasteiger partial charge in [0.05, 0.1) is 16.5 Å². The quantitative estimate of drug-likeness (QED) is 0.751. The van der Waals surface area contributed by atoms with Crippen molar-refractivity contribution in [2.24, 2.45) is 0 Å². The van der Waals surface area contributed by atoms with Crippen LogP contribution in [0.5, 0.6) is 0 Å². The van der Waals surface area contributed by atoms with Gasteiger partial charge in [-0.1, -0.05) is 12.1 Å². The molecule has 5 nitrogen and oxygen atoms in total. The van der Waals surface area contributed by atoms with Crippen molar-refractivity contribution in [3.05, 3.63) is 74.3 Å². The molecule has 136 valence electrons. The van der Waals surface area contributed by atoms with Gasteiger partial charge in [-0.2, -0.15) is 0 Å². The number of benzene rings is 2. The Hall–Kier alpha value is -3.21. The Morgan fingerprint density at radius 2 is 1.85 bits per heavy atom. The molecule has 1 aliphatic rings. The van der Waals surface area contributed by atoms with Crippen LogP contribution in [-0.2, 0) is 6.54 Å². The van der Waals surface area contributed by atoms with Crippen LogP contribution >= 0.6 is 0 Å². The second-order valence-electron chi connectivity index (χ2n) is 7.14. The lowest BCUT2D eigenvalue weighted by Gasteiger charge is -2.09. The Labute approximate surface area is 156 Å². The number of fused-ring (bicyclic) bond motifs is 2. The summed E-state index contributed by atoms with van der Waals surface area (Å²) in [7, 11) is 0. The highest BCUT2D eigenvalue weighted by Gasteiger charge is 2.21. The number of carboxylic acids is 1. The first kappa shape index (κ1) is 17.2. The first-order valence-corrected chi connectivity index (χ1v) is 8.92. The van der Waals surface area contributed by atoms with Crippen LogP contribution in [0.25, 0.3) is 22.6 Å². The van der Waals surface area contributed by atoms with Gasteiger partial charge in [-0.3, -0.25) is 9.36 Å². The van der Waals surface area contributed by atoms with Gasteiger partial charge in [0.25, 0.3) is 5.56 Å². The number of aromatic carboxylic acids is 1. The first-order chi connectivity index (χ1) is 12.8. The highest BCUT2D eigenvalue weighted by atomic mass is 16.4. The number of rotatable bonds is 2. The van der Waals surface area contributed by atoms with Crippen LogP contribution < -0.4 is 5.56 Å². The van der Waals surface area contributed by atoms with Crippen molar-refractivity contribution in [3.63, 3.8) is 0 Å². The van der Waals surface area contributed by atoms with E-state index in [0.29, 0.717) is 23.3 Å². The molecule has 2 heterocycles. The van der Waals surface area contributed by atoms with E-state index in [1.165, 1.54) is 28.8 Å². The maximum Gasteiger partial charge on any atom is 0.335 e. The molecular formula is C22H20N2O3. The van der Waals surface area contributed by atoms with E-state index in [1.54, 1.807) is 10.6 Å². The van der Waals surface area contributed by atoms with E-state index in [1.807, 2.05) is 0 Å². The average molecular weight is 360 g/mol. The fraction of sp³-hybridized carbons (Fsp3) is 0.227. The van der Waals surface area contributed by atoms with Gasteiger partial charge in [-0.25, -0.2) is 9.78 Å². The number of allylic oxidation sites excluding steroid dienone is 1. The molecular weight excluding hydrogens is 340 g/mol. The lowest BCUT2D eigenvalue weighted by molar-refractivity contribution is 0.0697. The van der Waals surface area contributed by atoms with Crippen LogP contribution in [0, 0.1) is 20.8 Å². The van der Waals surface area contributed by atoms with Crippen LogP contribution in [0.1, 0.15) is 44.9 Å². The van der Waals surface area contributed by atoms with Crippen molar-refractivity contribution < 1.29 is 9.90 Å².